The molecule has 1 heterocycles. The molecule has 0 spiro atoms. The van der Waals surface area contributed by atoms with Crippen LogP contribution in [-0.4, -0.2) is 37.6 Å². The van der Waals surface area contributed by atoms with E-state index in [0.29, 0.717) is 25.4 Å². The predicted molar refractivity (Wildman–Crippen MR) is 75.8 cm³/mol. The van der Waals surface area contributed by atoms with Crippen molar-refractivity contribution in [3.8, 4) is 0 Å². The smallest absolute Gasteiger partial charge is 0.218 e. The molecule has 0 aromatic carbocycles. The molecule has 1 aliphatic rings. The van der Waals surface area contributed by atoms with Crippen molar-refractivity contribution in [1.29, 1.82) is 0 Å². The summed E-state index contributed by atoms with van der Waals surface area (Å²) in [5, 5.41) is -0.413. The van der Waals surface area contributed by atoms with E-state index in [1.165, 1.54) is 0 Å². The lowest BCUT2D eigenvalue weighted by Gasteiger charge is -2.39. The van der Waals surface area contributed by atoms with Crippen LogP contribution in [0.1, 0.15) is 47.0 Å². The van der Waals surface area contributed by atoms with Gasteiger partial charge >= 0.3 is 0 Å². The van der Waals surface area contributed by atoms with Crippen LogP contribution in [0.4, 0.5) is 0 Å². The van der Waals surface area contributed by atoms with Crippen molar-refractivity contribution in [2.75, 3.05) is 19.6 Å². The van der Waals surface area contributed by atoms with Crippen LogP contribution in [0.2, 0.25) is 0 Å². The fourth-order valence-electron chi connectivity index (χ4n) is 2.69. The summed E-state index contributed by atoms with van der Waals surface area (Å²) in [5.41, 5.74) is 5.84. The van der Waals surface area contributed by atoms with E-state index in [2.05, 4.69) is 20.8 Å². The fourth-order valence-corrected chi connectivity index (χ4v) is 4.49. The van der Waals surface area contributed by atoms with Crippen LogP contribution in [0.15, 0.2) is 0 Å². The van der Waals surface area contributed by atoms with Gasteiger partial charge in [0.2, 0.25) is 10.0 Å². The molecule has 1 fully saturated rings. The molecule has 1 aliphatic heterocycles. The first kappa shape index (κ1) is 15.9. The number of piperidine rings is 1. The quantitative estimate of drug-likeness (QED) is 0.852. The molecule has 4 nitrogen and oxygen atoms in total. The molecule has 0 saturated carbocycles. The third kappa shape index (κ3) is 3.45. The standard InChI is InChI=1S/C13H28N2O2S/c1-5-12(10-14)18(16,17)15-8-6-11(7-9-15)13(2,3)4/h11-12H,5-10,14H2,1-4H3. The maximum absolute atomic E-state index is 12.4. The van der Waals surface area contributed by atoms with Crippen molar-refractivity contribution in [1.82, 2.24) is 4.31 Å². The lowest BCUT2D eigenvalue weighted by atomic mass is 9.76. The zero-order valence-corrected chi connectivity index (χ0v) is 13.0. The van der Waals surface area contributed by atoms with Crippen molar-refractivity contribution >= 4 is 10.0 Å². The van der Waals surface area contributed by atoms with Crippen molar-refractivity contribution in [3.05, 3.63) is 0 Å². The molecule has 108 valence electrons. The second-order valence-corrected chi connectivity index (χ2v) is 8.56. The highest BCUT2D eigenvalue weighted by atomic mass is 32.2. The number of sulfonamides is 1. The summed E-state index contributed by atoms with van der Waals surface area (Å²) in [5.74, 6) is 0.613. The lowest BCUT2D eigenvalue weighted by Crippen LogP contribution is -2.47. The van der Waals surface area contributed by atoms with Gasteiger partial charge in [-0.1, -0.05) is 27.7 Å². The molecule has 0 aromatic rings. The largest absolute Gasteiger partial charge is 0.329 e. The van der Waals surface area contributed by atoms with Gasteiger partial charge in [-0.2, -0.15) is 0 Å². The Bertz CT molecular complexity index is 348. The molecule has 0 aromatic heterocycles. The molecular weight excluding hydrogens is 248 g/mol. The normalized spacial score (nSPS) is 22.1. The van der Waals surface area contributed by atoms with Crippen LogP contribution in [0.3, 0.4) is 0 Å². The van der Waals surface area contributed by atoms with Crippen molar-refractivity contribution < 1.29 is 8.42 Å². The van der Waals surface area contributed by atoms with Gasteiger partial charge in [0, 0.05) is 19.6 Å². The van der Waals surface area contributed by atoms with E-state index < -0.39 is 15.3 Å². The summed E-state index contributed by atoms with van der Waals surface area (Å²) < 4.78 is 26.3. The molecule has 1 saturated heterocycles. The summed E-state index contributed by atoms with van der Waals surface area (Å²) >= 11 is 0. The minimum Gasteiger partial charge on any atom is -0.329 e. The van der Waals surface area contributed by atoms with Crippen LogP contribution < -0.4 is 5.73 Å². The third-order valence-corrected chi connectivity index (χ3v) is 6.63. The molecule has 0 aliphatic carbocycles. The average molecular weight is 276 g/mol. The van der Waals surface area contributed by atoms with Crippen LogP contribution >= 0.6 is 0 Å². The number of hydrogen-bond donors (Lipinski definition) is 1. The second-order valence-electron chi connectivity index (χ2n) is 6.35. The van der Waals surface area contributed by atoms with Gasteiger partial charge in [0.25, 0.3) is 0 Å². The molecule has 1 rings (SSSR count). The van der Waals surface area contributed by atoms with Crippen LogP contribution in [0, 0.1) is 11.3 Å². The highest BCUT2D eigenvalue weighted by Crippen LogP contribution is 2.35. The van der Waals surface area contributed by atoms with E-state index in [1.807, 2.05) is 6.92 Å². The maximum Gasteiger partial charge on any atom is 0.218 e. The van der Waals surface area contributed by atoms with E-state index in [9.17, 15) is 8.42 Å². The Kier molecular flexibility index (Phi) is 5.21. The molecule has 1 unspecified atom stereocenters. The maximum atomic E-state index is 12.4. The predicted octanol–water partition coefficient (Wildman–Crippen LogP) is 1.81. The minimum atomic E-state index is -3.18. The SMILES string of the molecule is CCC(CN)S(=O)(=O)N1CCC(C(C)(C)C)CC1. The van der Waals surface area contributed by atoms with Crippen molar-refractivity contribution in [3.63, 3.8) is 0 Å². The van der Waals surface area contributed by atoms with E-state index >= 15 is 0 Å². The Morgan fingerprint density at radius 2 is 1.78 bits per heavy atom. The van der Waals surface area contributed by atoms with Gasteiger partial charge in [-0.05, 0) is 30.6 Å². The van der Waals surface area contributed by atoms with Gasteiger partial charge in [0.1, 0.15) is 0 Å². The average Bonchev–Trinajstić information content (AvgIpc) is 2.29. The van der Waals surface area contributed by atoms with E-state index in [-0.39, 0.29) is 12.0 Å². The van der Waals surface area contributed by atoms with Gasteiger partial charge in [-0.3, -0.25) is 0 Å². The summed E-state index contributed by atoms with van der Waals surface area (Å²) in [6.07, 6.45) is 2.52. The minimum absolute atomic E-state index is 0.220. The Labute approximate surface area is 112 Å². The number of nitrogens with two attached hydrogens (primary N) is 1. The summed E-state index contributed by atoms with van der Waals surface area (Å²) in [6.45, 7) is 10.1. The molecule has 1 atom stereocenters. The first-order valence-electron chi connectivity index (χ1n) is 6.92. The number of rotatable bonds is 4. The number of nitrogens with zero attached hydrogens (tertiary/aromatic N) is 1. The molecule has 5 heteroatoms. The van der Waals surface area contributed by atoms with Crippen molar-refractivity contribution in [2.24, 2.45) is 17.1 Å². The summed E-state index contributed by atoms with van der Waals surface area (Å²) in [7, 11) is -3.18. The number of hydrogen-bond acceptors (Lipinski definition) is 3. The Hall–Kier alpha value is -0.130. The lowest BCUT2D eigenvalue weighted by molar-refractivity contribution is 0.153. The van der Waals surface area contributed by atoms with Gasteiger partial charge in [-0.25, -0.2) is 12.7 Å². The summed E-state index contributed by atoms with van der Waals surface area (Å²) in [4.78, 5) is 0. The van der Waals surface area contributed by atoms with Gasteiger partial charge < -0.3 is 5.73 Å². The Morgan fingerprint density at radius 3 is 2.11 bits per heavy atom. The molecule has 0 bridgehead atoms. The van der Waals surface area contributed by atoms with Gasteiger partial charge in [-0.15, -0.1) is 0 Å². The topological polar surface area (TPSA) is 63.4 Å². The Balaban J connectivity index is 2.68. The first-order chi connectivity index (χ1) is 8.23. The highest BCUT2D eigenvalue weighted by Gasteiger charge is 2.35. The molecular formula is C13H28N2O2S. The van der Waals surface area contributed by atoms with Crippen LogP contribution in [0.25, 0.3) is 0 Å². The van der Waals surface area contributed by atoms with E-state index in [0.717, 1.165) is 12.8 Å². The second kappa shape index (κ2) is 5.88. The zero-order valence-electron chi connectivity index (χ0n) is 12.1. The van der Waals surface area contributed by atoms with E-state index in [4.69, 9.17) is 5.73 Å². The molecule has 2 N–H and O–H groups in total. The Morgan fingerprint density at radius 1 is 1.28 bits per heavy atom. The van der Waals surface area contributed by atoms with Crippen LogP contribution in [0.5, 0.6) is 0 Å². The molecule has 0 amide bonds. The monoisotopic (exact) mass is 276 g/mol. The molecule has 18 heavy (non-hydrogen) atoms. The summed E-state index contributed by atoms with van der Waals surface area (Å²) in [6, 6.07) is 0. The van der Waals surface area contributed by atoms with Gasteiger partial charge in [0.15, 0.2) is 0 Å². The van der Waals surface area contributed by atoms with Gasteiger partial charge in [0.05, 0.1) is 5.25 Å². The van der Waals surface area contributed by atoms with E-state index in [1.54, 1.807) is 4.31 Å². The fraction of sp³-hybridized carbons (Fsp3) is 1.00. The zero-order chi connectivity index (χ0) is 14.0. The molecule has 0 radical (unpaired) electrons. The first-order valence-corrected chi connectivity index (χ1v) is 8.42. The third-order valence-electron chi connectivity index (χ3n) is 4.18. The van der Waals surface area contributed by atoms with Crippen molar-refractivity contribution in [2.45, 2.75) is 52.2 Å². The van der Waals surface area contributed by atoms with Crippen LogP contribution in [-0.2, 0) is 10.0 Å². The highest BCUT2D eigenvalue weighted by molar-refractivity contribution is 7.89.